The zero-order valence-corrected chi connectivity index (χ0v) is 20.4. The van der Waals surface area contributed by atoms with Gasteiger partial charge in [-0.3, -0.25) is 0 Å². The van der Waals surface area contributed by atoms with E-state index in [-0.39, 0.29) is 23.8 Å². The van der Waals surface area contributed by atoms with E-state index in [4.69, 9.17) is 0 Å². The molecule has 0 spiro atoms. The molecule has 5 aliphatic carbocycles. The van der Waals surface area contributed by atoms with Crippen LogP contribution < -0.4 is 5.32 Å². The van der Waals surface area contributed by atoms with Gasteiger partial charge in [0.2, 0.25) is 0 Å². The fourth-order valence-corrected chi connectivity index (χ4v) is 9.07. The van der Waals surface area contributed by atoms with Crippen LogP contribution in [0.25, 0.3) is 10.9 Å². The van der Waals surface area contributed by atoms with Gasteiger partial charge in [0.25, 0.3) is 0 Å². The van der Waals surface area contributed by atoms with E-state index in [0.29, 0.717) is 23.9 Å². The SMILES string of the molecule is CC12CC3CC(C)(C1)CC(NCC(O)Cn1c4c(c5cc(F)ccc51)CCCC4)(C3)C2.Cl. The van der Waals surface area contributed by atoms with Gasteiger partial charge in [0.15, 0.2) is 0 Å². The summed E-state index contributed by atoms with van der Waals surface area (Å²) in [6, 6.07) is 5.16. The summed E-state index contributed by atoms with van der Waals surface area (Å²) < 4.78 is 16.2. The number of β-amino-alcohol motifs (C(OH)–C–C–N with tert-alkyl or cyclic N) is 1. The van der Waals surface area contributed by atoms with E-state index in [0.717, 1.165) is 29.7 Å². The largest absolute Gasteiger partial charge is 0.390 e. The normalized spacial score (nSPS) is 36.2. The van der Waals surface area contributed by atoms with Crippen molar-refractivity contribution in [1.29, 1.82) is 0 Å². The van der Waals surface area contributed by atoms with Gasteiger partial charge >= 0.3 is 0 Å². The van der Waals surface area contributed by atoms with Crippen LogP contribution in [0.5, 0.6) is 0 Å². The minimum Gasteiger partial charge on any atom is -0.390 e. The summed E-state index contributed by atoms with van der Waals surface area (Å²) in [7, 11) is 0. The lowest BCUT2D eigenvalue weighted by Crippen LogP contribution is -2.65. The molecule has 176 valence electrons. The van der Waals surface area contributed by atoms with Crippen LogP contribution in [0.3, 0.4) is 0 Å². The van der Waals surface area contributed by atoms with Gasteiger partial charge in [-0.2, -0.15) is 0 Å². The molecule has 0 saturated heterocycles. The van der Waals surface area contributed by atoms with Gasteiger partial charge in [0.1, 0.15) is 5.82 Å². The average Bonchev–Trinajstić information content (AvgIpc) is 2.97. The molecule has 3 unspecified atom stereocenters. The van der Waals surface area contributed by atoms with Crippen molar-refractivity contribution in [3.8, 4) is 0 Å². The quantitative estimate of drug-likeness (QED) is 0.593. The molecule has 4 fully saturated rings. The van der Waals surface area contributed by atoms with Crippen LogP contribution in [0.4, 0.5) is 4.39 Å². The molecule has 1 aromatic carbocycles. The lowest BCUT2D eigenvalue weighted by Gasteiger charge is -2.65. The maximum Gasteiger partial charge on any atom is 0.123 e. The number of hydrogen-bond acceptors (Lipinski definition) is 2. The third-order valence-electron chi connectivity index (χ3n) is 9.07. The first-order valence-corrected chi connectivity index (χ1v) is 12.5. The first-order valence-electron chi connectivity index (χ1n) is 12.5. The number of halogens is 2. The Hall–Kier alpha value is -1.10. The first kappa shape index (κ1) is 22.7. The molecule has 3 atom stereocenters. The number of aryl methyl sites for hydroxylation is 1. The van der Waals surface area contributed by atoms with Gasteiger partial charge in [-0.25, -0.2) is 4.39 Å². The van der Waals surface area contributed by atoms with Gasteiger partial charge in [0.05, 0.1) is 12.6 Å². The Morgan fingerprint density at radius 1 is 1.09 bits per heavy atom. The molecule has 0 aliphatic heterocycles. The first-order chi connectivity index (χ1) is 14.8. The second-order valence-electron chi connectivity index (χ2n) is 12.3. The van der Waals surface area contributed by atoms with Crippen LogP contribution in [0.15, 0.2) is 18.2 Å². The third-order valence-corrected chi connectivity index (χ3v) is 9.07. The summed E-state index contributed by atoms with van der Waals surface area (Å²) in [5.74, 6) is 0.690. The topological polar surface area (TPSA) is 37.2 Å². The third kappa shape index (κ3) is 3.71. The van der Waals surface area contributed by atoms with Gasteiger partial charge in [0, 0.05) is 28.7 Å². The zero-order valence-electron chi connectivity index (χ0n) is 19.6. The highest BCUT2D eigenvalue weighted by Crippen LogP contribution is 2.66. The Labute approximate surface area is 197 Å². The Bertz CT molecular complexity index is 1010. The maximum atomic E-state index is 14.0. The van der Waals surface area contributed by atoms with Crippen molar-refractivity contribution in [3.05, 3.63) is 35.3 Å². The van der Waals surface area contributed by atoms with Gasteiger partial charge in [-0.1, -0.05) is 13.8 Å². The van der Waals surface area contributed by atoms with Crippen LogP contribution in [-0.4, -0.2) is 27.9 Å². The van der Waals surface area contributed by atoms with Crippen molar-refractivity contribution in [2.24, 2.45) is 16.7 Å². The van der Waals surface area contributed by atoms with Crippen LogP contribution in [0, 0.1) is 22.6 Å². The van der Waals surface area contributed by atoms with E-state index in [9.17, 15) is 9.50 Å². The fraction of sp³-hybridized carbons (Fsp3) is 0.704. The second-order valence-corrected chi connectivity index (χ2v) is 12.3. The average molecular weight is 461 g/mol. The lowest BCUT2D eigenvalue weighted by atomic mass is 9.43. The van der Waals surface area contributed by atoms with E-state index in [1.165, 1.54) is 62.6 Å². The van der Waals surface area contributed by atoms with E-state index in [1.807, 2.05) is 6.07 Å². The van der Waals surface area contributed by atoms with Gasteiger partial charge < -0.3 is 15.0 Å². The van der Waals surface area contributed by atoms with Crippen molar-refractivity contribution in [3.63, 3.8) is 0 Å². The fourth-order valence-electron chi connectivity index (χ4n) is 9.07. The zero-order chi connectivity index (χ0) is 21.4. The summed E-state index contributed by atoms with van der Waals surface area (Å²) in [5, 5.41) is 16.1. The van der Waals surface area contributed by atoms with Gasteiger partial charge in [-0.15, -0.1) is 12.4 Å². The Morgan fingerprint density at radius 3 is 2.53 bits per heavy atom. The monoisotopic (exact) mass is 460 g/mol. The minimum atomic E-state index is -0.430. The summed E-state index contributed by atoms with van der Waals surface area (Å²) in [5.41, 5.74) is 4.88. The molecular formula is C27H38ClFN2O. The predicted octanol–water partition coefficient (Wildman–Crippen LogP) is 5.78. The highest BCUT2D eigenvalue weighted by Gasteiger charge is 2.59. The van der Waals surface area contributed by atoms with E-state index < -0.39 is 6.10 Å². The van der Waals surface area contributed by atoms with Crippen LogP contribution in [0.2, 0.25) is 0 Å². The van der Waals surface area contributed by atoms with E-state index in [2.05, 4.69) is 23.7 Å². The van der Waals surface area contributed by atoms with Crippen molar-refractivity contribution >= 4 is 23.3 Å². The molecular weight excluding hydrogens is 423 g/mol. The Balaban J connectivity index is 0.00000216. The van der Waals surface area contributed by atoms with E-state index >= 15 is 0 Å². The van der Waals surface area contributed by atoms with Crippen molar-refractivity contribution < 1.29 is 9.50 Å². The van der Waals surface area contributed by atoms with Crippen LogP contribution in [0.1, 0.15) is 76.5 Å². The number of nitrogens with zero attached hydrogens (tertiary/aromatic N) is 1. The molecule has 0 radical (unpaired) electrons. The van der Waals surface area contributed by atoms with Gasteiger partial charge in [-0.05, 0) is 105 Å². The number of rotatable bonds is 5. The molecule has 0 amide bonds. The molecule has 1 aromatic heterocycles. The van der Waals surface area contributed by atoms with Crippen molar-refractivity contribution in [1.82, 2.24) is 9.88 Å². The number of aromatic nitrogens is 1. The Morgan fingerprint density at radius 2 is 1.81 bits per heavy atom. The molecule has 3 nitrogen and oxygen atoms in total. The molecule has 2 N–H and O–H groups in total. The number of benzene rings is 1. The lowest BCUT2D eigenvalue weighted by molar-refractivity contribution is -0.119. The molecule has 4 saturated carbocycles. The number of nitrogens with one attached hydrogen (secondary N) is 1. The van der Waals surface area contributed by atoms with Crippen molar-refractivity contribution in [2.45, 2.75) is 96.2 Å². The molecule has 2 aromatic rings. The summed E-state index contributed by atoms with van der Waals surface area (Å²) in [6.07, 6.45) is 12.0. The van der Waals surface area contributed by atoms with Crippen LogP contribution >= 0.6 is 12.4 Å². The minimum absolute atomic E-state index is 0. The molecule has 1 heterocycles. The standard InChI is InChI=1S/C27H37FN2O.ClH/c1-25-10-18-11-26(2,15-25)17-27(12-18,16-25)29-13-20(31)14-30-23-6-4-3-5-21(23)22-9-19(28)7-8-24(22)30;/h7-9,18,20,29,31H,3-6,10-17H2,1-2H3;1H. The highest BCUT2D eigenvalue weighted by molar-refractivity contribution is 5.86. The molecule has 32 heavy (non-hydrogen) atoms. The van der Waals surface area contributed by atoms with Crippen LogP contribution in [-0.2, 0) is 19.4 Å². The molecule has 5 aliphatic rings. The maximum absolute atomic E-state index is 14.0. The number of aliphatic hydroxyl groups excluding tert-OH is 1. The number of fused-ring (bicyclic) bond motifs is 3. The number of hydrogen-bond donors (Lipinski definition) is 2. The Kier molecular flexibility index (Phi) is 5.47. The second kappa shape index (κ2) is 7.71. The number of aliphatic hydroxyl groups is 1. The molecule has 7 rings (SSSR count). The van der Waals surface area contributed by atoms with Crippen molar-refractivity contribution in [2.75, 3.05) is 6.54 Å². The van der Waals surface area contributed by atoms with E-state index in [1.54, 1.807) is 12.1 Å². The highest BCUT2D eigenvalue weighted by atomic mass is 35.5. The summed E-state index contributed by atoms with van der Waals surface area (Å²) in [6.45, 7) is 6.24. The molecule has 4 bridgehead atoms. The molecule has 5 heteroatoms. The summed E-state index contributed by atoms with van der Waals surface area (Å²) in [4.78, 5) is 0. The summed E-state index contributed by atoms with van der Waals surface area (Å²) >= 11 is 0. The smallest absolute Gasteiger partial charge is 0.123 e. The predicted molar refractivity (Wildman–Crippen MR) is 130 cm³/mol.